The number of carboxylic acid groups (broad SMARTS) is 2. The number of rotatable bonds is 32. The van der Waals surface area contributed by atoms with Crippen molar-refractivity contribution in [1.82, 2.24) is 19.6 Å². The van der Waals surface area contributed by atoms with Gasteiger partial charge in [-0.15, -0.1) is 0 Å². The number of hydrogen-bond acceptors (Lipinski definition) is 25. The van der Waals surface area contributed by atoms with E-state index in [2.05, 4.69) is 19.6 Å². The van der Waals surface area contributed by atoms with Crippen molar-refractivity contribution < 1.29 is 101 Å². The Morgan fingerprint density at radius 1 is 0.378 bits per heavy atom. The second-order valence-electron chi connectivity index (χ2n) is 36.4. The first-order valence-electron chi connectivity index (χ1n) is 46.1. The van der Waals surface area contributed by atoms with E-state index in [0.29, 0.717) is 71.1 Å². The fourth-order valence-corrected chi connectivity index (χ4v) is 19.7. The molecule has 10 bridgehead atoms. The molecule has 10 saturated heterocycles. The van der Waals surface area contributed by atoms with E-state index in [0.717, 1.165) is 178 Å². The molecule has 19 rings (SSSR count). The molecule has 0 aliphatic carbocycles. The summed E-state index contributed by atoms with van der Waals surface area (Å²) in [6.45, 7) is 21.9. The van der Waals surface area contributed by atoms with Crippen molar-refractivity contribution in [3.63, 3.8) is 0 Å². The lowest BCUT2D eigenvalue weighted by atomic mass is 9.79. The first-order valence-corrected chi connectivity index (χ1v) is 47.2. The van der Waals surface area contributed by atoms with Crippen molar-refractivity contribution >= 4 is 64.3 Å². The third kappa shape index (κ3) is 26.8. The van der Waals surface area contributed by atoms with Gasteiger partial charge in [-0.2, -0.15) is 0 Å². The third-order valence-electron chi connectivity index (χ3n) is 27.2. The lowest BCUT2D eigenvalue weighted by molar-refractivity contribution is -0.879. The zero-order valence-corrected chi connectivity index (χ0v) is 80.7. The van der Waals surface area contributed by atoms with E-state index in [1.165, 1.54) is 69.8 Å². The Hall–Kier alpha value is -11.1. The van der Waals surface area contributed by atoms with E-state index in [9.17, 15) is 34.2 Å². The fourth-order valence-electron chi connectivity index (χ4n) is 18.8. The van der Waals surface area contributed by atoms with Crippen LogP contribution in [-0.4, -0.2) is 213 Å². The molecule has 0 unspecified atom stereocenters. The highest BCUT2D eigenvalue weighted by Crippen LogP contribution is 2.48. The molecule has 0 amide bonds. The van der Waals surface area contributed by atoms with Crippen molar-refractivity contribution in [3.05, 3.63) is 247 Å². The maximum absolute atomic E-state index is 13.4. The molecule has 30 heteroatoms. The average Bonchev–Trinajstić information content (AvgIpc) is 1.64. The second kappa shape index (κ2) is 47.1. The van der Waals surface area contributed by atoms with E-state index in [1.54, 1.807) is 73.0 Å². The first kappa shape index (κ1) is 101. The SMILES string of the molecule is CCOC(=O)C12CCN(CC1)C2.COc1ccc(COc2ccc(C(=O)CC34CCN(CC3)C4)c(Cl)c2OCc2ccc(OC)cc2)cc1.COc1ccc(COc2ccc(C(=O)O)c(Cl)c2OCc2ccc(OC)cc2)cc1.COc1ccc(COc2ccc(C(C)=O)c(Cl)c2OCc2ccc(OC)cc2)cc1.NC12CCN(CC1)C2.NC12CCN(CC1)C2.O=C([O-])C12CC[NH+](CC1)C2. The van der Waals surface area contributed by atoms with Crippen LogP contribution >= 0.6 is 34.8 Å². The number of halogens is 3. The zero-order chi connectivity index (χ0) is 95.9. The van der Waals surface area contributed by atoms with Crippen LogP contribution in [0.5, 0.6) is 69.0 Å². The number of nitrogens with two attached hydrogens (primary N) is 2. The predicted octanol–water partition coefficient (Wildman–Crippen LogP) is 14.8. The molecule has 9 aromatic rings. The monoisotopic (exact) mass is 1910 g/mol. The van der Waals surface area contributed by atoms with Gasteiger partial charge in [0.25, 0.3) is 0 Å². The highest BCUT2D eigenvalue weighted by atomic mass is 35.5. The maximum atomic E-state index is 13.4. The van der Waals surface area contributed by atoms with Crippen LogP contribution in [0, 0.1) is 16.2 Å². The number of carboxylic acids is 2. The van der Waals surface area contributed by atoms with Gasteiger partial charge in [-0.1, -0.05) is 108 Å². The summed E-state index contributed by atoms with van der Waals surface area (Å²) in [4.78, 5) is 70.2. The summed E-state index contributed by atoms with van der Waals surface area (Å²) in [5.41, 5.74) is 18.3. The van der Waals surface area contributed by atoms with Crippen LogP contribution < -0.4 is 78.3 Å². The summed E-state index contributed by atoms with van der Waals surface area (Å²) in [6, 6.07) is 55.0. The molecule has 0 saturated carbocycles. The molecular formula is C105H126Cl3N7O20. The number of Topliss-reactive ketones (excluding diaryl/α,β-unsaturated/α-hetero) is 2. The number of nitrogens with zero attached hydrogens (tertiary/aromatic N) is 4. The normalized spacial score (nSPS) is 23.1. The van der Waals surface area contributed by atoms with Gasteiger partial charge in [0.15, 0.2) is 46.1 Å². The summed E-state index contributed by atoms with van der Waals surface area (Å²) in [5, 5.41) is 20.6. The number of hydrogen-bond donors (Lipinski definition) is 4. The van der Waals surface area contributed by atoms with Gasteiger partial charge < -0.3 is 113 Å². The van der Waals surface area contributed by atoms with E-state index < -0.39 is 17.4 Å². The molecule has 27 nitrogen and oxygen atoms in total. The van der Waals surface area contributed by atoms with Crippen molar-refractivity contribution in [1.29, 1.82) is 0 Å². The number of carbonyl (C=O) groups is 5. The third-order valence-corrected chi connectivity index (χ3v) is 28.3. The van der Waals surface area contributed by atoms with E-state index in [4.69, 9.17) is 108 Å². The number of ether oxygens (including phenoxy) is 13. The van der Waals surface area contributed by atoms with Crippen molar-refractivity contribution in [2.24, 2.45) is 27.7 Å². The highest BCUT2D eigenvalue weighted by molar-refractivity contribution is 6.36. The first-order chi connectivity index (χ1) is 65.1. The summed E-state index contributed by atoms with van der Waals surface area (Å²) in [5.74, 6) is 4.78. The molecule has 6 N–H and O–H groups in total. The minimum atomic E-state index is -1.14. The molecule has 0 aromatic heterocycles. The van der Waals surface area contributed by atoms with E-state index >= 15 is 0 Å². The molecule has 722 valence electrons. The van der Waals surface area contributed by atoms with Crippen molar-refractivity contribution in [3.8, 4) is 69.0 Å². The Labute approximate surface area is 806 Å². The summed E-state index contributed by atoms with van der Waals surface area (Å²) in [6.07, 6.45) is 11.3. The number of methoxy groups -OCH3 is 6. The largest absolute Gasteiger partial charge is 0.549 e. The van der Waals surface area contributed by atoms with Gasteiger partial charge in [-0.25, -0.2) is 4.79 Å². The standard InChI is InChI=1S/C30H32ClNO5.C24H23ClO5.C23H21ClO6.C9H15NO2.C7H11NO2.2C6H12N2/c1-34-23-7-3-21(4-8-23)18-36-27-12-11-25(26(33)17-30-13-15-32(20-30)16-14-30)28(31)29(27)37-19-22-5-9-24(35-2)10-6-22;1-16(26)21-12-13-22(29-14-17-4-8-19(27-2)9-5-17)24(23(21)25)30-15-18-6-10-20(28-3)11-7-18;1-27-17-7-3-15(4-8-17)13-29-20-12-11-19(23(25)26)21(24)22(20)30-14-16-5-9-18(28-2)10-6-16;1-2-12-8(11)9-3-5-10(7-9)6-4-9;9-6(10)7-1-3-8(5-7)4-2-7;2*7-6-1-3-8(5-6)4-2-6/h3-12H,13-20H2,1-2H3;4-13H,14-15H2,1-3H3;3-12H,13-14H2,1-2H3,(H,25,26);2-7H2,1H3;1-5H2,(H,9,10);2*1-5,7H2. The number of nitrogens with one attached hydrogen (secondary N) is 1. The molecule has 9 aromatic carbocycles. The molecule has 0 radical (unpaired) electrons. The Morgan fingerprint density at radius 3 is 0.919 bits per heavy atom. The number of aromatic carboxylic acids is 1. The molecular weight excluding hydrogens is 1790 g/mol. The number of piperidine rings is 5. The molecule has 10 aliphatic heterocycles. The number of benzene rings is 9. The molecule has 10 heterocycles. The molecule has 135 heavy (non-hydrogen) atoms. The van der Waals surface area contributed by atoms with Crippen molar-refractivity contribution in [2.75, 3.05) is 147 Å². The van der Waals surface area contributed by atoms with Gasteiger partial charge in [0.1, 0.15) is 79.2 Å². The van der Waals surface area contributed by atoms with Crippen LogP contribution in [-0.2, 0) is 54.0 Å². The van der Waals surface area contributed by atoms with Crippen molar-refractivity contribution in [2.45, 2.75) is 135 Å². The Balaban J connectivity index is 0.000000143. The Morgan fingerprint density at radius 2 is 0.674 bits per heavy atom. The van der Waals surface area contributed by atoms with Gasteiger partial charge in [-0.3, -0.25) is 14.4 Å². The van der Waals surface area contributed by atoms with Crippen LogP contribution in [0.1, 0.15) is 149 Å². The fraction of sp³-hybridized carbons (Fsp3) is 0.438. The van der Waals surface area contributed by atoms with Gasteiger partial charge in [0, 0.05) is 93.8 Å². The van der Waals surface area contributed by atoms with Crippen LogP contribution in [0.15, 0.2) is 182 Å². The summed E-state index contributed by atoms with van der Waals surface area (Å²) >= 11 is 19.7. The van der Waals surface area contributed by atoms with Crippen LogP contribution in [0.4, 0.5) is 0 Å². The molecule has 10 fully saturated rings. The quantitative estimate of drug-likeness (QED) is 0.0225. The Bertz CT molecular complexity index is 5230. The molecule has 10 aliphatic rings. The molecule has 0 atom stereocenters. The maximum Gasteiger partial charge on any atom is 0.337 e. The van der Waals surface area contributed by atoms with E-state index in [1.807, 2.05) is 153 Å². The number of ketones is 2. The second-order valence-corrected chi connectivity index (χ2v) is 37.5. The number of aliphatic carboxylic acids is 1. The van der Waals surface area contributed by atoms with E-state index in [-0.39, 0.29) is 87.2 Å². The van der Waals surface area contributed by atoms with Gasteiger partial charge >= 0.3 is 11.9 Å². The topological polar surface area (TPSA) is 318 Å². The lowest BCUT2D eigenvalue weighted by Gasteiger charge is -2.24. The predicted molar refractivity (Wildman–Crippen MR) is 514 cm³/mol. The number of esters is 1. The average molecular weight is 1910 g/mol. The number of carbonyl (C=O) groups excluding carboxylic acids is 4. The lowest BCUT2D eigenvalue weighted by Crippen LogP contribution is -3.08. The highest BCUT2D eigenvalue weighted by Gasteiger charge is 2.51. The summed E-state index contributed by atoms with van der Waals surface area (Å²) < 4.78 is 72.2. The van der Waals surface area contributed by atoms with Gasteiger partial charge in [0.2, 0.25) is 0 Å². The molecule has 0 spiro atoms. The minimum Gasteiger partial charge on any atom is -0.549 e. The van der Waals surface area contributed by atoms with Crippen LogP contribution in [0.25, 0.3) is 0 Å². The summed E-state index contributed by atoms with van der Waals surface area (Å²) in [7, 11) is 9.70. The zero-order valence-electron chi connectivity index (χ0n) is 78.4. The van der Waals surface area contributed by atoms with Gasteiger partial charge in [0.05, 0.1) is 101 Å². The van der Waals surface area contributed by atoms with Gasteiger partial charge in [-0.05, 0) is 239 Å². The number of fused-ring (bicyclic) bond motifs is 10. The van der Waals surface area contributed by atoms with Crippen LogP contribution in [0.2, 0.25) is 15.1 Å². The van der Waals surface area contributed by atoms with Crippen LogP contribution in [0.3, 0.4) is 0 Å². The smallest absolute Gasteiger partial charge is 0.337 e. The number of quaternary nitrogens is 1. The Kier molecular flexibility index (Phi) is 35.4. The minimum absolute atomic E-state index is 0.0109.